The third kappa shape index (κ3) is 15.9. The van der Waals surface area contributed by atoms with Gasteiger partial charge in [0.2, 0.25) is 6.29 Å². The first kappa shape index (κ1) is 69.1. The first-order valence-electron chi connectivity index (χ1n) is 31.0. The van der Waals surface area contributed by atoms with Crippen LogP contribution in [0.5, 0.6) is 17.2 Å². The van der Waals surface area contributed by atoms with Crippen LogP contribution >= 0.6 is 0 Å². The Balaban J connectivity index is 0.991. The van der Waals surface area contributed by atoms with Crippen LogP contribution in [0.15, 0.2) is 12.1 Å². The van der Waals surface area contributed by atoms with E-state index in [1.54, 1.807) is 34.6 Å². The molecule has 87 heavy (non-hydrogen) atoms. The summed E-state index contributed by atoms with van der Waals surface area (Å²) in [6.07, 6.45) is -19.7. The van der Waals surface area contributed by atoms with Gasteiger partial charge in [-0.25, -0.2) is 0 Å². The smallest absolute Gasteiger partial charge is 0.306 e. The van der Waals surface area contributed by atoms with Crippen molar-refractivity contribution in [1.82, 2.24) is 0 Å². The summed E-state index contributed by atoms with van der Waals surface area (Å²) in [5.41, 5.74) is -1.49. The lowest BCUT2D eigenvalue weighted by Gasteiger charge is -2.46. The van der Waals surface area contributed by atoms with E-state index in [0.29, 0.717) is 6.42 Å². The zero-order valence-electron chi connectivity index (χ0n) is 51.5. The number of rotatable bonds is 24. The maximum atomic E-state index is 15.1. The van der Waals surface area contributed by atoms with E-state index in [4.69, 9.17) is 56.8 Å². The van der Waals surface area contributed by atoms with Crippen molar-refractivity contribution in [2.75, 3.05) is 7.11 Å². The van der Waals surface area contributed by atoms with Gasteiger partial charge in [0.25, 0.3) is 0 Å². The fourth-order valence-electron chi connectivity index (χ4n) is 12.9. The maximum Gasteiger partial charge on any atom is 0.306 e. The number of aliphatic hydroxyl groups excluding tert-OH is 7. The van der Waals surface area contributed by atoms with E-state index in [9.17, 15) is 60.7 Å². The first-order valence-corrected chi connectivity index (χ1v) is 31.0. The Labute approximate surface area is 507 Å². The summed E-state index contributed by atoms with van der Waals surface area (Å²) in [6.45, 7) is 14.3. The summed E-state index contributed by atoms with van der Waals surface area (Å²) in [6, 6.07) is 3.05. The van der Waals surface area contributed by atoms with E-state index in [1.165, 1.54) is 46.4 Å². The highest BCUT2D eigenvalue weighted by Gasteiger charge is 2.52. The monoisotopic (exact) mass is 1240 g/mol. The highest BCUT2D eigenvalue weighted by molar-refractivity contribution is 6.11. The first-order chi connectivity index (χ1) is 41.1. The second-order valence-electron chi connectivity index (χ2n) is 25.0. The van der Waals surface area contributed by atoms with E-state index in [2.05, 4.69) is 6.92 Å². The number of Topliss-reactive ketones (excluding diaryl/α,β-unsaturated/α-hetero) is 2. The lowest BCUT2D eigenvalue weighted by atomic mass is 9.75. The van der Waals surface area contributed by atoms with Crippen LogP contribution in [0.25, 0.3) is 10.8 Å². The Morgan fingerprint density at radius 3 is 1.69 bits per heavy atom. The molecule has 0 spiro atoms. The van der Waals surface area contributed by atoms with Crippen LogP contribution in [-0.4, -0.2) is 223 Å². The van der Waals surface area contributed by atoms with E-state index >= 15 is 4.79 Å². The van der Waals surface area contributed by atoms with E-state index in [1.807, 2.05) is 0 Å². The quantitative estimate of drug-likeness (QED) is 0.0531. The number of esters is 1. The molecule has 0 unspecified atom stereocenters. The number of fused-ring (bicyclic) bond motifs is 2. The maximum absolute atomic E-state index is 15.1. The minimum Gasteiger partial charge on any atom is -0.507 e. The standard InChI is InChI=1S/C62H94O25/c1-11-12-13-14-15-16-17-18-42(64)82-38-22-44(78-29(4)52(38)67)84-39-23-43(77-30(5)53(39)68)83-37-21-35-19-34-20-36(59(76-10)58(73)51(66)28(3)63)60(57(72)49(34)56(71)48(35)50(65)27(37)2)87-46-25-40(54(69)32(7)80-46)85-45-24-41(55(70)31(6)79-45)86-47-26-62(9,75)61(74)33(8)81-47/h19,21,28-33,36,38-41,43-47,51-55,59-61,63,65-71,74-75H,11-18,20,22-26H2,1-10H3/t28-,29-,30-,31-,32-,33-,36+,38-,39-,40-,41-,43+,44+,45+,46+,47+,51+,52-,53-,54-,55+,59+,60+,61-,62+/m1/s1. The Morgan fingerprint density at radius 2 is 1.15 bits per heavy atom. The molecule has 5 saturated heterocycles. The zero-order valence-corrected chi connectivity index (χ0v) is 51.5. The van der Waals surface area contributed by atoms with Crippen molar-refractivity contribution < 1.29 is 122 Å². The molecule has 25 heteroatoms. The fourth-order valence-corrected chi connectivity index (χ4v) is 12.9. The molecule has 6 aliphatic rings. The molecule has 8 rings (SSSR count). The number of benzene rings is 2. The molecule has 0 aromatic heterocycles. The van der Waals surface area contributed by atoms with Crippen molar-refractivity contribution >= 4 is 28.3 Å². The van der Waals surface area contributed by atoms with Crippen LogP contribution in [0.1, 0.15) is 160 Å². The molecule has 5 heterocycles. The number of hydrogen-bond acceptors (Lipinski definition) is 25. The molecular weight excluding hydrogens is 1140 g/mol. The van der Waals surface area contributed by atoms with Crippen molar-refractivity contribution in [3.8, 4) is 17.2 Å². The molecule has 5 fully saturated rings. The van der Waals surface area contributed by atoms with Crippen molar-refractivity contribution in [2.24, 2.45) is 5.92 Å². The molecule has 0 radical (unpaired) electrons. The molecular formula is C62H94O25. The Hall–Kier alpha value is -3.81. The zero-order chi connectivity index (χ0) is 63.5. The number of methoxy groups -OCH3 is 1. The topological polar surface area (TPSA) is 364 Å². The number of unbranched alkanes of at least 4 members (excludes halogenated alkanes) is 6. The highest BCUT2D eigenvalue weighted by atomic mass is 16.7. The Kier molecular flexibility index (Phi) is 23.5. The summed E-state index contributed by atoms with van der Waals surface area (Å²) >= 11 is 0. The SMILES string of the molecule is CCCCCCCCCC(=O)O[C@@H]1C[C@H](O[C@@H]2C[C@H](Oc3cc4cc5c(c(O)c4c(O)c3C)C(=O)[C@@H](O[C@H]3C[C@@H](O[C@H]4C[C@@H](O[C@H]6C[C@](C)(O)[C@H](O)[C@@H](C)O6)[C@@H](O)[C@@H](C)O4)[C@H](O)[C@@H](C)O3)[C@H]([C@H](OC)C(=O)[C@@H](O)[C@@H](C)O)C5)O[C@H](C)[C@H]2O)O[C@H](C)[C@H]1O. The number of aliphatic hydroxyl groups is 8. The van der Waals surface area contributed by atoms with Gasteiger partial charge in [-0.2, -0.15) is 0 Å². The van der Waals surface area contributed by atoms with E-state index < -0.39 is 182 Å². The van der Waals surface area contributed by atoms with Gasteiger partial charge in [0.05, 0.1) is 71.5 Å². The Morgan fingerprint density at radius 1 is 0.667 bits per heavy atom. The van der Waals surface area contributed by atoms with Crippen LogP contribution in [-0.2, 0) is 68.1 Å². The number of hydrogen-bond donors (Lipinski definition) is 10. The normalized spacial score (nSPS) is 38.6. The largest absolute Gasteiger partial charge is 0.507 e. The molecule has 2 aromatic rings. The number of carbonyl (C=O) groups is 3. The van der Waals surface area contributed by atoms with Crippen LogP contribution in [0, 0.1) is 12.8 Å². The van der Waals surface area contributed by atoms with Crippen LogP contribution in [0.2, 0.25) is 0 Å². The molecule has 0 bridgehead atoms. The number of carbonyl (C=O) groups excluding carboxylic acids is 3. The second-order valence-corrected chi connectivity index (χ2v) is 25.0. The average molecular weight is 1240 g/mol. The predicted molar refractivity (Wildman–Crippen MR) is 305 cm³/mol. The van der Waals surface area contributed by atoms with Crippen molar-refractivity contribution in [2.45, 2.75) is 299 Å². The summed E-state index contributed by atoms with van der Waals surface area (Å²) in [7, 11) is 1.18. The predicted octanol–water partition coefficient (Wildman–Crippen LogP) is 3.44. The van der Waals surface area contributed by atoms with E-state index in [-0.39, 0.29) is 78.2 Å². The van der Waals surface area contributed by atoms with Gasteiger partial charge < -0.3 is 108 Å². The number of aromatic hydroxyl groups is 2. The van der Waals surface area contributed by atoms with E-state index in [0.717, 1.165) is 32.1 Å². The van der Waals surface area contributed by atoms with Crippen LogP contribution < -0.4 is 4.74 Å². The molecule has 0 saturated carbocycles. The molecule has 0 amide bonds. The third-order valence-electron chi connectivity index (χ3n) is 18.1. The average Bonchev–Trinajstić information content (AvgIpc) is 0.919. The van der Waals surface area contributed by atoms with Gasteiger partial charge in [-0.1, -0.05) is 45.4 Å². The highest BCUT2D eigenvalue weighted by Crippen LogP contribution is 2.48. The van der Waals surface area contributed by atoms with Crippen LogP contribution in [0.3, 0.4) is 0 Å². The van der Waals surface area contributed by atoms with Crippen molar-refractivity contribution in [3.05, 3.63) is 28.8 Å². The lowest BCUT2D eigenvalue weighted by Crippen LogP contribution is -2.58. The summed E-state index contributed by atoms with van der Waals surface area (Å²) in [5, 5.41) is 112. The van der Waals surface area contributed by atoms with Crippen molar-refractivity contribution in [3.63, 3.8) is 0 Å². The summed E-state index contributed by atoms with van der Waals surface area (Å²) in [5.74, 6) is -4.54. The summed E-state index contributed by atoms with van der Waals surface area (Å²) in [4.78, 5) is 42.0. The molecule has 25 atom stereocenters. The molecule has 10 N–H and O–H groups in total. The molecule has 2 aromatic carbocycles. The van der Waals surface area contributed by atoms with Gasteiger partial charge in [0.15, 0.2) is 36.7 Å². The van der Waals surface area contributed by atoms with Gasteiger partial charge in [-0.05, 0) is 91.3 Å². The summed E-state index contributed by atoms with van der Waals surface area (Å²) < 4.78 is 73.2. The molecule has 5 aliphatic heterocycles. The number of phenolic OH excluding ortho intramolecular Hbond substituents is 2. The minimum absolute atomic E-state index is 0.00732. The third-order valence-corrected chi connectivity index (χ3v) is 18.1. The number of ether oxygens (including phenoxy) is 12. The number of ketones is 2. The molecule has 25 nitrogen and oxygen atoms in total. The molecule has 492 valence electrons. The van der Waals surface area contributed by atoms with Crippen LogP contribution in [0.4, 0.5) is 0 Å². The molecule has 1 aliphatic carbocycles. The minimum atomic E-state index is -1.96. The van der Waals surface area contributed by atoms with Gasteiger partial charge in [0.1, 0.15) is 72.2 Å². The van der Waals surface area contributed by atoms with Gasteiger partial charge in [-0.15, -0.1) is 0 Å². The van der Waals surface area contributed by atoms with Gasteiger partial charge >= 0.3 is 5.97 Å². The second kappa shape index (κ2) is 29.6. The van der Waals surface area contributed by atoms with Gasteiger partial charge in [0, 0.05) is 57.1 Å². The lowest BCUT2D eigenvalue weighted by molar-refractivity contribution is -0.334. The Bertz CT molecular complexity index is 2630. The number of phenols is 2. The van der Waals surface area contributed by atoms with Gasteiger partial charge in [-0.3, -0.25) is 14.4 Å². The fraction of sp³-hybridized carbons (Fsp3) is 0.790. The van der Waals surface area contributed by atoms with Crippen molar-refractivity contribution in [1.29, 1.82) is 0 Å².